The molecule has 146 valence electrons. The SMILES string of the molecule is COc1ccc(-c2nc(NC(=O)Cc3csc(-c4ccccc4)n3)sc2C)cc1. The van der Waals surface area contributed by atoms with Crippen LogP contribution >= 0.6 is 22.7 Å². The van der Waals surface area contributed by atoms with Crippen molar-refractivity contribution in [1.29, 1.82) is 0 Å². The first-order valence-corrected chi connectivity index (χ1v) is 10.7. The van der Waals surface area contributed by atoms with Crippen molar-refractivity contribution in [2.45, 2.75) is 13.3 Å². The molecule has 2 aromatic carbocycles. The van der Waals surface area contributed by atoms with Gasteiger partial charge in [-0.25, -0.2) is 9.97 Å². The molecule has 0 unspecified atom stereocenters. The largest absolute Gasteiger partial charge is 0.497 e. The Balaban J connectivity index is 1.43. The zero-order valence-electron chi connectivity index (χ0n) is 16.0. The van der Waals surface area contributed by atoms with Gasteiger partial charge in [0.25, 0.3) is 0 Å². The number of amides is 1. The number of methoxy groups -OCH3 is 1. The summed E-state index contributed by atoms with van der Waals surface area (Å²) in [7, 11) is 1.64. The van der Waals surface area contributed by atoms with Gasteiger partial charge in [0.1, 0.15) is 10.8 Å². The van der Waals surface area contributed by atoms with Crippen LogP contribution in [0.5, 0.6) is 5.75 Å². The van der Waals surface area contributed by atoms with Crippen molar-refractivity contribution in [3.8, 4) is 27.6 Å². The van der Waals surface area contributed by atoms with Gasteiger partial charge in [0.2, 0.25) is 5.91 Å². The number of benzene rings is 2. The summed E-state index contributed by atoms with van der Waals surface area (Å²) >= 11 is 3.01. The fourth-order valence-electron chi connectivity index (χ4n) is 2.90. The minimum atomic E-state index is -0.120. The number of hydrogen-bond donors (Lipinski definition) is 1. The number of hydrogen-bond acceptors (Lipinski definition) is 6. The second kappa shape index (κ2) is 8.55. The Bertz CT molecular complexity index is 1120. The van der Waals surface area contributed by atoms with Crippen molar-refractivity contribution >= 4 is 33.7 Å². The average Bonchev–Trinajstić information content (AvgIpc) is 3.35. The molecule has 0 aliphatic heterocycles. The number of ether oxygens (including phenoxy) is 1. The molecule has 0 radical (unpaired) electrons. The molecule has 4 aromatic rings. The maximum Gasteiger partial charge on any atom is 0.232 e. The molecular formula is C22H19N3O2S2. The summed E-state index contributed by atoms with van der Waals surface area (Å²) in [4.78, 5) is 22.7. The number of thiazole rings is 2. The highest BCUT2D eigenvalue weighted by Crippen LogP contribution is 2.31. The van der Waals surface area contributed by atoms with Crippen LogP contribution in [0.1, 0.15) is 10.6 Å². The number of aryl methyl sites for hydroxylation is 1. The molecule has 1 amide bonds. The average molecular weight is 422 g/mol. The van der Waals surface area contributed by atoms with Gasteiger partial charge in [-0.2, -0.15) is 0 Å². The molecule has 2 heterocycles. The van der Waals surface area contributed by atoms with Crippen LogP contribution in [0.4, 0.5) is 5.13 Å². The second-order valence-corrected chi connectivity index (χ2v) is 8.45. The number of anilines is 1. The summed E-state index contributed by atoms with van der Waals surface area (Å²) in [5, 5.41) is 6.34. The Hall–Kier alpha value is -3.03. The number of aromatic nitrogens is 2. The maximum atomic E-state index is 12.5. The Labute approximate surface area is 177 Å². The second-order valence-electron chi connectivity index (χ2n) is 6.39. The predicted molar refractivity (Wildman–Crippen MR) is 119 cm³/mol. The van der Waals surface area contributed by atoms with Gasteiger partial charge >= 0.3 is 0 Å². The lowest BCUT2D eigenvalue weighted by atomic mass is 10.1. The normalized spacial score (nSPS) is 10.7. The van der Waals surface area contributed by atoms with Crippen molar-refractivity contribution in [2.75, 3.05) is 12.4 Å². The van der Waals surface area contributed by atoms with Gasteiger partial charge in [0, 0.05) is 21.4 Å². The van der Waals surface area contributed by atoms with E-state index in [1.807, 2.05) is 66.9 Å². The molecule has 0 saturated carbocycles. The molecule has 4 rings (SSSR count). The third-order valence-corrected chi connectivity index (χ3v) is 6.15. The van der Waals surface area contributed by atoms with E-state index in [-0.39, 0.29) is 12.3 Å². The highest BCUT2D eigenvalue weighted by atomic mass is 32.1. The smallest absolute Gasteiger partial charge is 0.232 e. The lowest BCUT2D eigenvalue weighted by molar-refractivity contribution is -0.115. The van der Waals surface area contributed by atoms with Gasteiger partial charge < -0.3 is 10.1 Å². The van der Waals surface area contributed by atoms with Crippen LogP contribution in [0.3, 0.4) is 0 Å². The number of nitrogens with one attached hydrogen (secondary N) is 1. The van der Waals surface area contributed by atoms with Gasteiger partial charge in [0.15, 0.2) is 5.13 Å². The van der Waals surface area contributed by atoms with Crippen LogP contribution < -0.4 is 10.1 Å². The highest BCUT2D eigenvalue weighted by Gasteiger charge is 2.14. The summed E-state index contributed by atoms with van der Waals surface area (Å²) in [5.74, 6) is 0.679. The van der Waals surface area contributed by atoms with Crippen molar-refractivity contribution in [3.05, 3.63) is 70.5 Å². The molecule has 0 fully saturated rings. The van der Waals surface area contributed by atoms with Gasteiger partial charge in [-0.05, 0) is 31.2 Å². The fourth-order valence-corrected chi connectivity index (χ4v) is 4.57. The molecule has 5 nitrogen and oxygen atoms in total. The first-order chi connectivity index (χ1) is 14.1. The van der Waals surface area contributed by atoms with E-state index < -0.39 is 0 Å². The highest BCUT2D eigenvalue weighted by molar-refractivity contribution is 7.16. The third kappa shape index (κ3) is 4.52. The molecule has 0 aliphatic rings. The summed E-state index contributed by atoms with van der Waals surface area (Å²) < 4.78 is 5.20. The van der Waals surface area contributed by atoms with Crippen molar-refractivity contribution in [1.82, 2.24) is 9.97 Å². The topological polar surface area (TPSA) is 64.1 Å². The van der Waals surface area contributed by atoms with Gasteiger partial charge in [-0.15, -0.1) is 22.7 Å². The number of carbonyl (C=O) groups is 1. The molecule has 29 heavy (non-hydrogen) atoms. The van der Waals surface area contributed by atoms with E-state index >= 15 is 0 Å². The molecule has 0 bridgehead atoms. The molecule has 0 aliphatic carbocycles. The molecule has 7 heteroatoms. The van der Waals surface area contributed by atoms with Crippen LogP contribution in [0.15, 0.2) is 60.0 Å². The van der Waals surface area contributed by atoms with Crippen molar-refractivity contribution in [3.63, 3.8) is 0 Å². The maximum absolute atomic E-state index is 12.5. The van der Waals surface area contributed by atoms with E-state index in [2.05, 4.69) is 15.3 Å². The number of carbonyl (C=O) groups excluding carboxylic acids is 1. The van der Waals surface area contributed by atoms with Crippen LogP contribution in [0, 0.1) is 6.92 Å². The summed E-state index contributed by atoms with van der Waals surface area (Å²) in [6.45, 7) is 2.00. The van der Waals surface area contributed by atoms with E-state index in [1.54, 1.807) is 18.4 Å². The minimum absolute atomic E-state index is 0.120. The van der Waals surface area contributed by atoms with E-state index in [4.69, 9.17) is 4.74 Å². The van der Waals surface area contributed by atoms with Crippen molar-refractivity contribution in [2.24, 2.45) is 0 Å². The summed E-state index contributed by atoms with van der Waals surface area (Å²) in [6.07, 6.45) is 0.222. The molecular weight excluding hydrogens is 402 g/mol. The quantitative estimate of drug-likeness (QED) is 0.451. The van der Waals surface area contributed by atoms with E-state index in [1.165, 1.54) is 11.3 Å². The summed E-state index contributed by atoms with van der Waals surface area (Å²) in [6, 6.07) is 17.7. The molecule has 0 saturated heterocycles. The van der Waals surface area contributed by atoms with E-state index in [0.29, 0.717) is 5.13 Å². The summed E-state index contributed by atoms with van der Waals surface area (Å²) in [5.41, 5.74) is 3.68. The Kier molecular flexibility index (Phi) is 5.69. The third-order valence-electron chi connectivity index (χ3n) is 4.32. The monoisotopic (exact) mass is 421 g/mol. The van der Waals surface area contributed by atoms with Crippen molar-refractivity contribution < 1.29 is 9.53 Å². The molecule has 0 atom stereocenters. The zero-order chi connectivity index (χ0) is 20.2. The van der Waals surface area contributed by atoms with Crippen LogP contribution in [0.25, 0.3) is 21.8 Å². The Morgan fingerprint density at radius 1 is 1.03 bits per heavy atom. The first kappa shape index (κ1) is 19.3. The van der Waals surface area contributed by atoms with Crippen LogP contribution in [0.2, 0.25) is 0 Å². The lowest BCUT2D eigenvalue weighted by Gasteiger charge is -2.02. The number of nitrogens with zero attached hydrogens (tertiary/aromatic N) is 2. The van der Waals surface area contributed by atoms with E-state index in [0.717, 1.165) is 38.1 Å². The standard InChI is InChI=1S/C22H19N3O2S2/c1-14-20(15-8-10-18(27-2)11-9-15)25-22(29-14)24-19(26)12-17-13-28-21(23-17)16-6-4-3-5-7-16/h3-11,13H,12H2,1-2H3,(H,24,25,26). The number of rotatable bonds is 6. The zero-order valence-corrected chi connectivity index (χ0v) is 17.6. The van der Waals surface area contributed by atoms with Crippen LogP contribution in [-0.2, 0) is 11.2 Å². The lowest BCUT2D eigenvalue weighted by Crippen LogP contribution is -2.14. The van der Waals surface area contributed by atoms with Gasteiger partial charge in [0.05, 0.1) is 24.9 Å². The van der Waals surface area contributed by atoms with Gasteiger partial charge in [-0.1, -0.05) is 30.3 Å². The molecule has 1 N–H and O–H groups in total. The van der Waals surface area contributed by atoms with Gasteiger partial charge in [-0.3, -0.25) is 4.79 Å². The Morgan fingerprint density at radius 3 is 2.52 bits per heavy atom. The minimum Gasteiger partial charge on any atom is -0.497 e. The molecule has 2 aromatic heterocycles. The van der Waals surface area contributed by atoms with Crippen LogP contribution in [-0.4, -0.2) is 23.0 Å². The van der Waals surface area contributed by atoms with E-state index in [9.17, 15) is 4.79 Å². The molecule has 0 spiro atoms. The first-order valence-electron chi connectivity index (χ1n) is 9.04. The fraction of sp³-hybridized carbons (Fsp3) is 0.136. The predicted octanol–water partition coefficient (Wildman–Crippen LogP) is 5.43. The Morgan fingerprint density at radius 2 is 1.79 bits per heavy atom.